The first-order valence-corrected chi connectivity index (χ1v) is 8.63. The second-order valence-electron chi connectivity index (χ2n) is 4.60. The molecule has 2 N–H and O–H groups in total. The molecule has 0 bridgehead atoms. The summed E-state index contributed by atoms with van der Waals surface area (Å²) in [5.41, 5.74) is 6.06. The molecular formula is C16H14Cl2N2O2S. The number of amides is 2. The number of nitrogens with one attached hydrogen (secondary N) is 2. The Hall–Kier alpha value is -1.69. The maximum atomic E-state index is 11.8. The third-order valence-corrected chi connectivity index (χ3v) is 4.44. The number of carbonyl (C=O) groups is 2. The van der Waals surface area contributed by atoms with E-state index in [2.05, 4.69) is 10.9 Å². The standard InChI is InChI=1S/C16H14Cl2N2O2S/c17-13-6-3-5-11(8-13)16(22)20-19-15(21)10-23-9-12-4-1-2-7-14(12)18/h1-8H,9-10H2,(H,19,21)(H,20,22). The quantitative estimate of drug-likeness (QED) is 0.791. The molecule has 2 aromatic rings. The molecule has 0 heterocycles. The third kappa shape index (κ3) is 5.78. The Morgan fingerprint density at radius 2 is 1.78 bits per heavy atom. The highest BCUT2D eigenvalue weighted by atomic mass is 35.5. The van der Waals surface area contributed by atoms with Gasteiger partial charge in [0.15, 0.2) is 0 Å². The van der Waals surface area contributed by atoms with Gasteiger partial charge in [0.25, 0.3) is 5.91 Å². The van der Waals surface area contributed by atoms with Crippen molar-refractivity contribution in [3.63, 3.8) is 0 Å². The van der Waals surface area contributed by atoms with E-state index in [0.29, 0.717) is 21.4 Å². The molecule has 4 nitrogen and oxygen atoms in total. The van der Waals surface area contributed by atoms with Crippen LogP contribution in [0, 0.1) is 0 Å². The van der Waals surface area contributed by atoms with Gasteiger partial charge < -0.3 is 0 Å². The highest BCUT2D eigenvalue weighted by molar-refractivity contribution is 7.99. The molecular weight excluding hydrogens is 355 g/mol. The van der Waals surface area contributed by atoms with E-state index in [0.717, 1.165) is 5.56 Å². The van der Waals surface area contributed by atoms with Crippen LogP contribution < -0.4 is 10.9 Å². The average molecular weight is 369 g/mol. The van der Waals surface area contributed by atoms with E-state index in [1.54, 1.807) is 18.2 Å². The number of thioether (sulfide) groups is 1. The fourth-order valence-corrected chi connectivity index (χ4v) is 3.04. The zero-order valence-corrected chi connectivity index (χ0v) is 14.3. The van der Waals surface area contributed by atoms with E-state index in [4.69, 9.17) is 23.2 Å². The summed E-state index contributed by atoms with van der Waals surface area (Å²) in [7, 11) is 0. The molecule has 23 heavy (non-hydrogen) atoms. The number of halogens is 2. The molecule has 2 amide bonds. The fraction of sp³-hybridized carbons (Fsp3) is 0.125. The molecule has 0 unspecified atom stereocenters. The van der Waals surface area contributed by atoms with Gasteiger partial charge in [-0.2, -0.15) is 0 Å². The number of hydrazine groups is 1. The molecule has 0 aromatic heterocycles. The highest BCUT2D eigenvalue weighted by Gasteiger charge is 2.08. The molecule has 0 aliphatic heterocycles. The minimum absolute atomic E-state index is 0.209. The smallest absolute Gasteiger partial charge is 0.269 e. The van der Waals surface area contributed by atoms with Gasteiger partial charge in [-0.25, -0.2) is 0 Å². The van der Waals surface area contributed by atoms with Crippen molar-refractivity contribution in [2.45, 2.75) is 5.75 Å². The minimum atomic E-state index is -0.419. The maximum absolute atomic E-state index is 11.8. The van der Waals surface area contributed by atoms with Gasteiger partial charge in [-0.15, -0.1) is 11.8 Å². The SMILES string of the molecule is O=C(CSCc1ccccc1Cl)NNC(=O)c1cccc(Cl)c1. The van der Waals surface area contributed by atoms with Crippen molar-refractivity contribution >= 4 is 46.8 Å². The maximum Gasteiger partial charge on any atom is 0.269 e. The monoisotopic (exact) mass is 368 g/mol. The first-order valence-electron chi connectivity index (χ1n) is 6.72. The predicted molar refractivity (Wildman–Crippen MR) is 94.7 cm³/mol. The van der Waals surface area contributed by atoms with Crippen LogP contribution in [0.3, 0.4) is 0 Å². The Morgan fingerprint density at radius 1 is 1.00 bits per heavy atom. The summed E-state index contributed by atoms with van der Waals surface area (Å²) < 4.78 is 0. The molecule has 2 rings (SSSR count). The van der Waals surface area contributed by atoms with Crippen LogP contribution in [0.2, 0.25) is 10.0 Å². The van der Waals surface area contributed by atoms with Gasteiger partial charge in [-0.1, -0.05) is 47.5 Å². The molecule has 0 aliphatic carbocycles. The van der Waals surface area contributed by atoms with Gasteiger partial charge in [-0.3, -0.25) is 20.4 Å². The lowest BCUT2D eigenvalue weighted by atomic mass is 10.2. The number of benzene rings is 2. The van der Waals surface area contributed by atoms with Gasteiger partial charge in [0, 0.05) is 21.4 Å². The predicted octanol–water partition coefficient (Wildman–Crippen LogP) is 3.69. The number of rotatable bonds is 5. The largest absolute Gasteiger partial charge is 0.272 e. The Balaban J connectivity index is 1.73. The molecule has 120 valence electrons. The van der Waals surface area contributed by atoms with Crippen LogP contribution in [-0.2, 0) is 10.5 Å². The molecule has 0 saturated heterocycles. The van der Waals surface area contributed by atoms with Gasteiger partial charge >= 0.3 is 0 Å². The summed E-state index contributed by atoms with van der Waals surface area (Å²) in [6, 6.07) is 13.9. The minimum Gasteiger partial charge on any atom is -0.272 e. The summed E-state index contributed by atoms with van der Waals surface area (Å²) >= 11 is 13.3. The number of hydrogen-bond donors (Lipinski definition) is 2. The normalized spacial score (nSPS) is 10.2. The lowest BCUT2D eigenvalue weighted by Gasteiger charge is -2.08. The van der Waals surface area contributed by atoms with Gasteiger partial charge in [0.05, 0.1) is 5.75 Å². The molecule has 0 atom stereocenters. The molecule has 0 aliphatic rings. The van der Waals surface area contributed by atoms with Gasteiger partial charge in [-0.05, 0) is 29.8 Å². The van der Waals surface area contributed by atoms with Crippen molar-refractivity contribution < 1.29 is 9.59 Å². The molecule has 0 spiro atoms. The lowest BCUT2D eigenvalue weighted by molar-refractivity contribution is -0.119. The van der Waals surface area contributed by atoms with Crippen LogP contribution in [0.4, 0.5) is 0 Å². The molecule has 0 radical (unpaired) electrons. The number of hydrogen-bond acceptors (Lipinski definition) is 3. The van der Waals surface area contributed by atoms with Crippen molar-refractivity contribution in [2.24, 2.45) is 0 Å². The average Bonchev–Trinajstić information content (AvgIpc) is 2.54. The Labute approximate surface area is 148 Å². The molecule has 7 heteroatoms. The van der Waals surface area contributed by atoms with Crippen molar-refractivity contribution in [3.8, 4) is 0 Å². The lowest BCUT2D eigenvalue weighted by Crippen LogP contribution is -2.42. The van der Waals surface area contributed by atoms with E-state index >= 15 is 0 Å². The second kappa shape index (κ2) is 8.82. The van der Waals surface area contributed by atoms with Crippen LogP contribution in [0.15, 0.2) is 48.5 Å². The van der Waals surface area contributed by atoms with Crippen LogP contribution in [0.25, 0.3) is 0 Å². The van der Waals surface area contributed by atoms with Crippen LogP contribution in [0.5, 0.6) is 0 Å². The molecule has 0 fully saturated rings. The van der Waals surface area contributed by atoms with Crippen LogP contribution >= 0.6 is 35.0 Å². The van der Waals surface area contributed by atoms with E-state index < -0.39 is 5.91 Å². The second-order valence-corrected chi connectivity index (χ2v) is 6.43. The van der Waals surface area contributed by atoms with Gasteiger partial charge in [0.1, 0.15) is 0 Å². The first kappa shape index (κ1) is 17.7. The summed E-state index contributed by atoms with van der Waals surface area (Å²) in [5, 5.41) is 1.13. The van der Waals surface area contributed by atoms with Gasteiger partial charge in [0.2, 0.25) is 5.91 Å². The summed E-state index contributed by atoms with van der Waals surface area (Å²) in [4.78, 5) is 23.5. The summed E-state index contributed by atoms with van der Waals surface area (Å²) in [5.74, 6) is 0.116. The summed E-state index contributed by atoms with van der Waals surface area (Å²) in [6.07, 6.45) is 0. The zero-order valence-electron chi connectivity index (χ0n) is 12.0. The Kier molecular flexibility index (Phi) is 6.77. The fourth-order valence-electron chi connectivity index (χ4n) is 1.73. The third-order valence-electron chi connectivity index (χ3n) is 2.85. The number of carbonyl (C=O) groups excluding carboxylic acids is 2. The summed E-state index contributed by atoms with van der Waals surface area (Å²) in [6.45, 7) is 0. The van der Waals surface area contributed by atoms with E-state index in [1.165, 1.54) is 17.8 Å². The van der Waals surface area contributed by atoms with Crippen molar-refractivity contribution in [2.75, 3.05) is 5.75 Å². The van der Waals surface area contributed by atoms with E-state index in [-0.39, 0.29) is 11.7 Å². The van der Waals surface area contributed by atoms with Crippen molar-refractivity contribution in [3.05, 3.63) is 69.7 Å². The highest BCUT2D eigenvalue weighted by Crippen LogP contribution is 2.20. The Bertz CT molecular complexity index is 710. The molecule has 0 saturated carbocycles. The van der Waals surface area contributed by atoms with Crippen molar-refractivity contribution in [1.82, 2.24) is 10.9 Å². The van der Waals surface area contributed by atoms with Crippen LogP contribution in [0.1, 0.15) is 15.9 Å². The van der Waals surface area contributed by atoms with Crippen LogP contribution in [-0.4, -0.2) is 17.6 Å². The Morgan fingerprint density at radius 3 is 2.52 bits per heavy atom. The first-order chi connectivity index (χ1) is 11.1. The zero-order chi connectivity index (χ0) is 16.7. The van der Waals surface area contributed by atoms with E-state index in [9.17, 15) is 9.59 Å². The molecule has 2 aromatic carbocycles. The van der Waals surface area contributed by atoms with E-state index in [1.807, 2.05) is 24.3 Å². The van der Waals surface area contributed by atoms with Crippen molar-refractivity contribution in [1.29, 1.82) is 0 Å². The topological polar surface area (TPSA) is 58.2 Å².